The van der Waals surface area contributed by atoms with Crippen LogP contribution in [0.5, 0.6) is 0 Å². The van der Waals surface area contributed by atoms with Crippen LogP contribution >= 0.6 is 0 Å². The van der Waals surface area contributed by atoms with Gasteiger partial charge in [-0.25, -0.2) is 0 Å². The van der Waals surface area contributed by atoms with Crippen molar-refractivity contribution in [2.75, 3.05) is 13.2 Å². The molecular weight excluding hydrogens is 564 g/mol. The number of rotatable bonds is 18. The van der Waals surface area contributed by atoms with E-state index in [0.29, 0.717) is 39.6 Å². The van der Waals surface area contributed by atoms with Crippen molar-refractivity contribution in [3.05, 3.63) is 156 Å². The molecule has 0 spiro atoms. The van der Waals surface area contributed by atoms with E-state index in [2.05, 4.69) is 43.0 Å². The highest BCUT2D eigenvalue weighted by Gasteiger charge is 2.49. The molecule has 0 aliphatic carbocycles. The Morgan fingerprint density at radius 2 is 0.978 bits per heavy atom. The summed E-state index contributed by atoms with van der Waals surface area (Å²) >= 11 is 0. The lowest BCUT2D eigenvalue weighted by molar-refractivity contribution is -0.328. The largest absolute Gasteiger partial charge is 0.374 e. The molecule has 1 heterocycles. The lowest BCUT2D eigenvalue weighted by atomic mass is 9.97. The van der Waals surface area contributed by atoms with E-state index in [1.54, 1.807) is 0 Å². The highest BCUT2D eigenvalue weighted by Crippen LogP contribution is 2.32. The molecule has 0 saturated carbocycles. The van der Waals surface area contributed by atoms with E-state index in [-0.39, 0.29) is 0 Å². The second-order valence-electron chi connectivity index (χ2n) is 11.1. The van der Waals surface area contributed by atoms with Crippen molar-refractivity contribution in [3.8, 4) is 0 Å². The highest BCUT2D eigenvalue weighted by molar-refractivity contribution is 5.16. The van der Waals surface area contributed by atoms with Crippen molar-refractivity contribution in [1.82, 2.24) is 0 Å². The smallest absolute Gasteiger partial charge is 0.186 e. The van der Waals surface area contributed by atoms with Gasteiger partial charge in [0.15, 0.2) is 6.29 Å². The summed E-state index contributed by atoms with van der Waals surface area (Å²) in [6, 6.07) is 40.5. The first-order chi connectivity index (χ1) is 22.3. The quantitative estimate of drug-likeness (QED) is 0.0854. The normalized spacial score (nSPS) is 21.4. The first-order valence-corrected chi connectivity index (χ1v) is 15.8. The SMILES string of the molecule is C=CCCCOC1OC(COCc2ccccc2)C(OCc2ccccc2)C(OCc2ccccc2)C1OCc1ccccc1. The molecule has 1 fully saturated rings. The fourth-order valence-corrected chi connectivity index (χ4v) is 5.31. The first kappa shape index (κ1) is 32.8. The van der Waals surface area contributed by atoms with E-state index in [1.807, 2.05) is 91.0 Å². The lowest BCUT2D eigenvalue weighted by Crippen LogP contribution is -2.61. The molecule has 4 aromatic rings. The van der Waals surface area contributed by atoms with Gasteiger partial charge in [0.2, 0.25) is 0 Å². The zero-order valence-corrected chi connectivity index (χ0v) is 25.8. The van der Waals surface area contributed by atoms with Gasteiger partial charge in [-0.3, -0.25) is 0 Å². The van der Waals surface area contributed by atoms with E-state index in [9.17, 15) is 0 Å². The Morgan fingerprint density at radius 1 is 0.533 bits per heavy atom. The summed E-state index contributed by atoms with van der Waals surface area (Å²) in [5.74, 6) is 0. The van der Waals surface area contributed by atoms with Gasteiger partial charge in [-0.15, -0.1) is 6.58 Å². The van der Waals surface area contributed by atoms with Crippen LogP contribution in [0.25, 0.3) is 0 Å². The van der Waals surface area contributed by atoms with Crippen LogP contribution in [0.1, 0.15) is 35.1 Å². The van der Waals surface area contributed by atoms with Crippen LogP contribution in [0, 0.1) is 0 Å². The standard InChI is InChI=1S/C39H44O6/c1-2-3-16-25-41-39-38(44-29-34-23-14-7-15-24-34)37(43-28-33-21-12-6-13-22-33)36(42-27-32-19-10-5-11-20-32)35(45-39)30-40-26-31-17-8-4-9-18-31/h2,4-15,17-24,35-39H,1,3,16,25-30H2. The van der Waals surface area contributed by atoms with Crippen molar-refractivity contribution in [3.63, 3.8) is 0 Å². The summed E-state index contributed by atoms with van der Waals surface area (Å²) in [7, 11) is 0. The molecule has 236 valence electrons. The van der Waals surface area contributed by atoms with Gasteiger partial charge in [0, 0.05) is 0 Å². The molecule has 0 bridgehead atoms. The minimum Gasteiger partial charge on any atom is -0.374 e. The molecule has 0 aromatic heterocycles. The molecule has 1 aliphatic rings. The van der Waals surface area contributed by atoms with E-state index in [0.717, 1.165) is 35.1 Å². The Hall–Kier alpha value is -3.62. The molecule has 0 N–H and O–H groups in total. The highest BCUT2D eigenvalue weighted by atomic mass is 16.7. The molecule has 5 rings (SSSR count). The van der Waals surface area contributed by atoms with Gasteiger partial charge in [-0.05, 0) is 35.1 Å². The molecule has 4 aromatic carbocycles. The molecule has 1 saturated heterocycles. The molecule has 6 heteroatoms. The summed E-state index contributed by atoms with van der Waals surface area (Å²) < 4.78 is 39.4. The number of ether oxygens (including phenoxy) is 6. The molecule has 45 heavy (non-hydrogen) atoms. The summed E-state index contributed by atoms with van der Waals surface area (Å²) in [6.45, 7) is 6.28. The average Bonchev–Trinajstić information content (AvgIpc) is 3.10. The predicted molar refractivity (Wildman–Crippen MR) is 175 cm³/mol. The third-order valence-electron chi connectivity index (χ3n) is 7.68. The van der Waals surface area contributed by atoms with Crippen LogP contribution in [0.2, 0.25) is 0 Å². The van der Waals surface area contributed by atoms with Crippen molar-refractivity contribution < 1.29 is 28.4 Å². The molecule has 5 unspecified atom stereocenters. The first-order valence-electron chi connectivity index (χ1n) is 15.8. The Bertz CT molecular complexity index is 1350. The zero-order valence-electron chi connectivity index (χ0n) is 25.8. The fraction of sp³-hybridized carbons (Fsp3) is 0.333. The molecule has 5 atom stereocenters. The number of unbranched alkanes of at least 4 members (excludes halogenated alkanes) is 1. The summed E-state index contributed by atoms with van der Waals surface area (Å²) in [5, 5.41) is 0. The molecule has 1 aliphatic heterocycles. The van der Waals surface area contributed by atoms with Gasteiger partial charge in [-0.1, -0.05) is 127 Å². The van der Waals surface area contributed by atoms with Crippen LogP contribution in [0.15, 0.2) is 134 Å². The summed E-state index contributed by atoms with van der Waals surface area (Å²) in [6.07, 6.45) is 0.896. The van der Waals surface area contributed by atoms with Crippen molar-refractivity contribution in [1.29, 1.82) is 0 Å². The van der Waals surface area contributed by atoms with E-state index in [1.165, 1.54) is 0 Å². The van der Waals surface area contributed by atoms with E-state index < -0.39 is 30.7 Å². The monoisotopic (exact) mass is 608 g/mol. The second kappa shape index (κ2) is 18.4. The van der Waals surface area contributed by atoms with Gasteiger partial charge in [0.05, 0.1) is 39.6 Å². The van der Waals surface area contributed by atoms with Crippen molar-refractivity contribution >= 4 is 0 Å². The minimum atomic E-state index is -0.679. The Kier molecular flexibility index (Phi) is 13.4. The van der Waals surface area contributed by atoms with Gasteiger partial charge >= 0.3 is 0 Å². The third kappa shape index (κ3) is 10.5. The van der Waals surface area contributed by atoms with Gasteiger partial charge in [-0.2, -0.15) is 0 Å². The minimum absolute atomic E-state index is 0.303. The summed E-state index contributed by atoms with van der Waals surface area (Å²) in [5.41, 5.74) is 4.27. The topological polar surface area (TPSA) is 55.4 Å². The molecule has 6 nitrogen and oxygen atoms in total. The van der Waals surface area contributed by atoms with Crippen LogP contribution in [0.4, 0.5) is 0 Å². The van der Waals surface area contributed by atoms with Gasteiger partial charge in [0.25, 0.3) is 0 Å². The van der Waals surface area contributed by atoms with Gasteiger partial charge < -0.3 is 28.4 Å². The van der Waals surface area contributed by atoms with Crippen LogP contribution in [0.3, 0.4) is 0 Å². The fourth-order valence-electron chi connectivity index (χ4n) is 5.31. The maximum atomic E-state index is 6.74. The zero-order chi connectivity index (χ0) is 30.9. The molecular formula is C39H44O6. The van der Waals surface area contributed by atoms with Crippen LogP contribution < -0.4 is 0 Å². The third-order valence-corrected chi connectivity index (χ3v) is 7.68. The van der Waals surface area contributed by atoms with E-state index >= 15 is 0 Å². The average molecular weight is 609 g/mol. The van der Waals surface area contributed by atoms with Crippen LogP contribution in [-0.4, -0.2) is 43.9 Å². The number of allylic oxidation sites excluding steroid dienone is 1. The maximum Gasteiger partial charge on any atom is 0.186 e. The van der Waals surface area contributed by atoms with Gasteiger partial charge in [0.1, 0.15) is 24.4 Å². The predicted octanol–water partition coefficient (Wildman–Crippen LogP) is 7.67. The Morgan fingerprint density at radius 3 is 1.47 bits per heavy atom. The Labute approximate surface area is 267 Å². The number of benzene rings is 4. The Balaban J connectivity index is 1.41. The number of hydrogen-bond donors (Lipinski definition) is 0. The number of hydrogen-bond acceptors (Lipinski definition) is 6. The molecule has 0 amide bonds. The maximum absolute atomic E-state index is 6.74. The lowest BCUT2D eigenvalue weighted by Gasteiger charge is -2.46. The van der Waals surface area contributed by atoms with Crippen LogP contribution in [-0.2, 0) is 54.8 Å². The second-order valence-corrected chi connectivity index (χ2v) is 11.1. The summed E-state index contributed by atoms with van der Waals surface area (Å²) in [4.78, 5) is 0. The van der Waals surface area contributed by atoms with E-state index in [4.69, 9.17) is 28.4 Å². The van der Waals surface area contributed by atoms with Crippen molar-refractivity contribution in [2.24, 2.45) is 0 Å². The van der Waals surface area contributed by atoms with Crippen molar-refractivity contribution in [2.45, 2.75) is 70.0 Å². The molecule has 0 radical (unpaired) electrons.